The van der Waals surface area contributed by atoms with Crippen LogP contribution in [0.1, 0.15) is 11.6 Å². The van der Waals surface area contributed by atoms with Crippen molar-refractivity contribution in [1.82, 2.24) is 0 Å². The summed E-state index contributed by atoms with van der Waals surface area (Å²) in [6.45, 7) is 0. The van der Waals surface area contributed by atoms with Gasteiger partial charge in [-0.2, -0.15) is 0 Å². The number of rotatable bonds is 2. The summed E-state index contributed by atoms with van der Waals surface area (Å²) < 4.78 is 0.505. The van der Waals surface area contributed by atoms with Gasteiger partial charge in [0, 0.05) is 4.47 Å². The molecule has 4 nitrogen and oxygen atoms in total. The normalized spacial score (nSPS) is 12.6. The zero-order valence-corrected chi connectivity index (χ0v) is 8.14. The lowest BCUT2D eigenvalue weighted by Crippen LogP contribution is -2.23. The van der Waals surface area contributed by atoms with Crippen LogP contribution in [0.2, 0.25) is 0 Å². The van der Waals surface area contributed by atoms with E-state index in [1.54, 1.807) is 0 Å². The minimum absolute atomic E-state index is 0.0436. The lowest BCUT2D eigenvalue weighted by atomic mass is 9.78. The maximum absolute atomic E-state index is 9.26. The molecule has 0 aliphatic carbocycles. The molecule has 0 amide bonds. The molecule has 4 N–H and O–H groups in total. The van der Waals surface area contributed by atoms with Gasteiger partial charge >= 0.3 is 7.12 Å². The van der Waals surface area contributed by atoms with Crippen molar-refractivity contribution >= 4 is 23.0 Å². The van der Waals surface area contributed by atoms with E-state index < -0.39 is 13.1 Å². The van der Waals surface area contributed by atoms with Crippen LogP contribution in [0.3, 0.4) is 0 Å². The van der Waals surface area contributed by atoms with E-state index >= 15 is 0 Å². The molecule has 0 spiro atoms. The van der Waals surface area contributed by atoms with E-state index in [4.69, 9.17) is 15.2 Å². The molecule has 0 aromatic heterocycles. The molecule has 0 heterocycles. The third-order valence-electron chi connectivity index (χ3n) is 1.58. The van der Waals surface area contributed by atoms with Crippen LogP contribution in [0.15, 0.2) is 22.7 Å². The highest BCUT2D eigenvalue weighted by Gasteiger charge is 2.24. The summed E-state index contributed by atoms with van der Waals surface area (Å²) in [6, 6.07) is 2.76. The van der Waals surface area contributed by atoms with E-state index in [1.165, 1.54) is 18.2 Å². The zero-order valence-electron chi connectivity index (χ0n) is 6.55. The molecule has 0 bridgehead atoms. The predicted molar refractivity (Wildman–Crippen MR) is 51.0 cm³/mol. The maximum atomic E-state index is 9.26. The number of aliphatic hydroxyl groups excluding tert-OH is 1. The predicted octanol–water partition coefficient (Wildman–Crippen LogP) is 0.200. The second-order valence-electron chi connectivity index (χ2n) is 2.56. The Balaban J connectivity index is 3.05. The molecule has 70 valence electrons. The third kappa shape index (κ3) is 2.44. The Bertz CT molecular complexity index is 305. The van der Waals surface area contributed by atoms with Crippen LogP contribution < -0.4 is 0 Å². The first-order valence-corrected chi connectivity index (χ1v) is 4.34. The fourth-order valence-electron chi connectivity index (χ4n) is 0.918. The molecule has 1 rings (SSSR count). The summed E-state index contributed by atoms with van der Waals surface area (Å²) >= 11 is 3.11. The van der Waals surface area contributed by atoms with E-state index in [2.05, 4.69) is 15.9 Å². The molecular weight excluding hydrogens is 239 g/mol. The number of aliphatic hydroxyl groups is 1. The molecule has 0 aliphatic heterocycles. The lowest BCUT2D eigenvalue weighted by molar-refractivity contribution is 0.200. The molecule has 0 fully saturated rings. The quantitative estimate of drug-likeness (QED) is 0.562. The number of phenolic OH excluding ortho intramolecular Hbond substituents is 1. The molecule has 0 saturated carbocycles. The van der Waals surface area contributed by atoms with Gasteiger partial charge in [0.15, 0.2) is 0 Å². The minimum atomic E-state index is -1.86. The van der Waals surface area contributed by atoms with Gasteiger partial charge in [0.05, 0.1) is 0 Å². The molecular formula is C7H8BBrO4. The molecule has 1 aromatic rings. The second kappa shape index (κ2) is 4.10. The van der Waals surface area contributed by atoms with Gasteiger partial charge in [0.25, 0.3) is 0 Å². The monoisotopic (exact) mass is 246 g/mol. The first-order chi connectivity index (χ1) is 6.02. The molecule has 0 radical (unpaired) electrons. The Labute approximate surface area is 83.7 Å². The first kappa shape index (κ1) is 10.5. The number of aromatic hydroxyl groups is 1. The summed E-state index contributed by atoms with van der Waals surface area (Å²) in [7, 11) is -1.86. The summed E-state index contributed by atoms with van der Waals surface area (Å²) in [5, 5.41) is 35.7. The van der Waals surface area contributed by atoms with Crippen LogP contribution in [0, 0.1) is 0 Å². The summed E-state index contributed by atoms with van der Waals surface area (Å²) in [5.74, 6) is -0.0436. The fourth-order valence-corrected chi connectivity index (χ4v) is 1.40. The van der Waals surface area contributed by atoms with Crippen LogP contribution in [0.5, 0.6) is 5.75 Å². The van der Waals surface area contributed by atoms with E-state index in [-0.39, 0.29) is 11.3 Å². The molecule has 1 atom stereocenters. The van der Waals surface area contributed by atoms with Crippen molar-refractivity contribution in [3.05, 3.63) is 28.2 Å². The van der Waals surface area contributed by atoms with Gasteiger partial charge in [-0.15, -0.1) is 0 Å². The topological polar surface area (TPSA) is 80.9 Å². The Kier molecular flexibility index (Phi) is 3.32. The molecule has 1 aromatic carbocycles. The summed E-state index contributed by atoms with van der Waals surface area (Å²) in [4.78, 5) is 0. The van der Waals surface area contributed by atoms with Gasteiger partial charge in [-0.3, -0.25) is 0 Å². The Morgan fingerprint density at radius 3 is 2.46 bits per heavy atom. The Morgan fingerprint density at radius 1 is 1.31 bits per heavy atom. The zero-order chi connectivity index (χ0) is 10.0. The number of hydrogen-bond donors (Lipinski definition) is 4. The van der Waals surface area contributed by atoms with E-state index in [1.807, 2.05) is 0 Å². The van der Waals surface area contributed by atoms with Crippen molar-refractivity contribution in [2.45, 2.75) is 6.00 Å². The fraction of sp³-hybridized carbons (Fsp3) is 0.143. The average molecular weight is 247 g/mol. The SMILES string of the molecule is OB(O)C(O)c1cc(O)ccc1Br. The molecule has 0 saturated heterocycles. The largest absolute Gasteiger partial charge is 0.508 e. The smallest absolute Gasteiger partial charge is 0.487 e. The lowest BCUT2D eigenvalue weighted by Gasteiger charge is -2.11. The maximum Gasteiger partial charge on any atom is 0.487 e. The van der Waals surface area contributed by atoms with Gasteiger partial charge in [-0.25, -0.2) is 0 Å². The molecule has 13 heavy (non-hydrogen) atoms. The standard InChI is InChI=1S/C7H8BBrO4/c9-6-2-1-4(10)3-5(6)7(11)8(12)13/h1-3,7,10-13H. The van der Waals surface area contributed by atoms with Crippen molar-refractivity contribution in [2.75, 3.05) is 0 Å². The highest BCUT2D eigenvalue weighted by molar-refractivity contribution is 9.10. The van der Waals surface area contributed by atoms with Crippen molar-refractivity contribution in [3.63, 3.8) is 0 Å². The van der Waals surface area contributed by atoms with E-state index in [0.717, 1.165) is 0 Å². The number of phenols is 1. The number of halogens is 1. The van der Waals surface area contributed by atoms with Crippen LogP contribution in [-0.2, 0) is 0 Å². The van der Waals surface area contributed by atoms with Crippen LogP contribution in [0.4, 0.5) is 0 Å². The summed E-state index contributed by atoms with van der Waals surface area (Å²) in [5.41, 5.74) is 0.231. The van der Waals surface area contributed by atoms with Crippen molar-refractivity contribution in [2.24, 2.45) is 0 Å². The Hall–Kier alpha value is -0.555. The second-order valence-corrected chi connectivity index (χ2v) is 3.42. The highest BCUT2D eigenvalue weighted by Crippen LogP contribution is 2.27. The molecule has 6 heteroatoms. The van der Waals surface area contributed by atoms with Gasteiger partial charge < -0.3 is 20.3 Å². The highest BCUT2D eigenvalue weighted by atomic mass is 79.9. The average Bonchev–Trinajstić information content (AvgIpc) is 2.08. The number of benzene rings is 1. The van der Waals surface area contributed by atoms with Crippen molar-refractivity contribution < 1.29 is 20.3 Å². The van der Waals surface area contributed by atoms with E-state index in [0.29, 0.717) is 4.47 Å². The van der Waals surface area contributed by atoms with Crippen LogP contribution >= 0.6 is 15.9 Å². The van der Waals surface area contributed by atoms with Gasteiger partial charge in [0.1, 0.15) is 11.8 Å². The molecule has 1 unspecified atom stereocenters. The summed E-state index contributed by atoms with van der Waals surface area (Å²) in [6.07, 6.45) is 0. The van der Waals surface area contributed by atoms with Crippen LogP contribution in [0.25, 0.3) is 0 Å². The van der Waals surface area contributed by atoms with Gasteiger partial charge in [-0.1, -0.05) is 15.9 Å². The molecule has 0 aliphatic rings. The van der Waals surface area contributed by atoms with E-state index in [9.17, 15) is 5.11 Å². The van der Waals surface area contributed by atoms with Crippen molar-refractivity contribution in [1.29, 1.82) is 0 Å². The minimum Gasteiger partial charge on any atom is -0.508 e. The van der Waals surface area contributed by atoms with Crippen LogP contribution in [-0.4, -0.2) is 27.4 Å². The first-order valence-electron chi connectivity index (χ1n) is 3.55. The Morgan fingerprint density at radius 2 is 1.92 bits per heavy atom. The number of hydrogen-bond acceptors (Lipinski definition) is 4. The van der Waals surface area contributed by atoms with Gasteiger partial charge in [-0.05, 0) is 23.8 Å². The van der Waals surface area contributed by atoms with Crippen molar-refractivity contribution in [3.8, 4) is 5.75 Å². The third-order valence-corrected chi connectivity index (χ3v) is 2.30. The van der Waals surface area contributed by atoms with Gasteiger partial charge in [0.2, 0.25) is 0 Å².